The Kier molecular flexibility index (Phi) is 4.89. The number of amides is 2. The van der Waals surface area contributed by atoms with Gasteiger partial charge in [0.15, 0.2) is 11.5 Å². The first kappa shape index (κ1) is 20.2. The standard InChI is InChI=1S/C25H22N2O5/c1-14-4-3-5-18(10-14)25(30)32-19-9-6-15(11-20(19)31-2)13-26-27-23(28)21-16-7-8-17(12-16)22(21)24(27)29/h3-11,13,16-17,21-22H,12H2,1-2H3/t16-,17-,21-,22+/m0/s1. The summed E-state index contributed by atoms with van der Waals surface area (Å²) in [6.07, 6.45) is 6.42. The van der Waals surface area contributed by atoms with Crippen LogP contribution < -0.4 is 9.47 Å². The van der Waals surface area contributed by atoms with E-state index in [0.29, 0.717) is 16.9 Å². The zero-order valence-corrected chi connectivity index (χ0v) is 17.7. The quantitative estimate of drug-likeness (QED) is 0.239. The molecule has 2 bridgehead atoms. The molecule has 2 aromatic rings. The van der Waals surface area contributed by atoms with E-state index in [4.69, 9.17) is 9.47 Å². The molecule has 7 nitrogen and oxygen atoms in total. The van der Waals surface area contributed by atoms with Crippen LogP contribution >= 0.6 is 0 Å². The zero-order valence-electron chi connectivity index (χ0n) is 17.7. The van der Waals surface area contributed by atoms with Crippen LogP contribution in [-0.4, -0.2) is 36.1 Å². The van der Waals surface area contributed by atoms with E-state index in [1.54, 1.807) is 36.4 Å². The third-order valence-corrected chi connectivity index (χ3v) is 6.41. The molecule has 1 heterocycles. The number of fused-ring (bicyclic) bond motifs is 5. The average Bonchev–Trinajstić information content (AvgIpc) is 3.47. The molecule has 2 amide bonds. The molecular weight excluding hydrogens is 408 g/mol. The van der Waals surface area contributed by atoms with Gasteiger partial charge in [-0.05, 0) is 61.1 Å². The van der Waals surface area contributed by atoms with Crippen LogP contribution in [0.4, 0.5) is 0 Å². The van der Waals surface area contributed by atoms with Crippen LogP contribution in [0.15, 0.2) is 59.7 Å². The number of benzene rings is 2. The first-order chi connectivity index (χ1) is 15.5. The fourth-order valence-corrected chi connectivity index (χ4v) is 4.90. The van der Waals surface area contributed by atoms with Crippen molar-refractivity contribution < 1.29 is 23.9 Å². The summed E-state index contributed by atoms with van der Waals surface area (Å²) in [4.78, 5) is 37.9. The number of rotatable bonds is 5. The van der Waals surface area contributed by atoms with Crippen LogP contribution in [0.5, 0.6) is 11.5 Å². The number of imide groups is 1. The molecule has 0 N–H and O–H groups in total. The molecule has 3 aliphatic rings. The summed E-state index contributed by atoms with van der Waals surface area (Å²) in [6.45, 7) is 1.90. The van der Waals surface area contributed by atoms with Crippen molar-refractivity contribution in [2.45, 2.75) is 13.3 Å². The summed E-state index contributed by atoms with van der Waals surface area (Å²) >= 11 is 0. The lowest BCUT2D eigenvalue weighted by molar-refractivity contribution is -0.140. The Hall–Kier alpha value is -3.74. The van der Waals surface area contributed by atoms with Crippen LogP contribution in [-0.2, 0) is 9.59 Å². The molecule has 5 rings (SSSR count). The van der Waals surface area contributed by atoms with Gasteiger partial charge >= 0.3 is 5.97 Å². The van der Waals surface area contributed by atoms with Crippen molar-refractivity contribution in [2.24, 2.45) is 28.8 Å². The van der Waals surface area contributed by atoms with Gasteiger partial charge in [0.1, 0.15) is 0 Å². The van der Waals surface area contributed by atoms with Gasteiger partial charge in [-0.3, -0.25) is 9.59 Å². The molecule has 0 spiro atoms. The van der Waals surface area contributed by atoms with Crippen molar-refractivity contribution in [3.63, 3.8) is 0 Å². The largest absolute Gasteiger partial charge is 0.493 e. The number of carbonyl (C=O) groups excluding carboxylic acids is 3. The summed E-state index contributed by atoms with van der Waals surface area (Å²) in [5.41, 5.74) is 2.01. The lowest BCUT2D eigenvalue weighted by Gasteiger charge is -2.13. The van der Waals surface area contributed by atoms with Crippen molar-refractivity contribution in [2.75, 3.05) is 7.11 Å². The Morgan fingerprint density at radius 1 is 1.03 bits per heavy atom. The molecule has 1 saturated heterocycles. The highest BCUT2D eigenvalue weighted by Crippen LogP contribution is 2.52. The van der Waals surface area contributed by atoms with Gasteiger partial charge in [-0.25, -0.2) is 4.79 Å². The van der Waals surface area contributed by atoms with Crippen molar-refractivity contribution in [1.29, 1.82) is 0 Å². The third-order valence-electron chi connectivity index (χ3n) is 6.41. The van der Waals surface area contributed by atoms with Gasteiger partial charge < -0.3 is 9.47 Å². The Labute approximate surface area is 185 Å². The highest BCUT2D eigenvalue weighted by atomic mass is 16.6. The van der Waals surface area contributed by atoms with Crippen molar-refractivity contribution in [1.82, 2.24) is 5.01 Å². The fourth-order valence-electron chi connectivity index (χ4n) is 4.90. The number of methoxy groups -OCH3 is 1. The highest BCUT2D eigenvalue weighted by Gasteiger charge is 2.59. The number of hydrogen-bond acceptors (Lipinski definition) is 6. The number of nitrogens with zero attached hydrogens (tertiary/aromatic N) is 2. The van der Waals surface area contributed by atoms with E-state index in [1.165, 1.54) is 13.3 Å². The van der Waals surface area contributed by atoms with E-state index < -0.39 is 5.97 Å². The van der Waals surface area contributed by atoms with E-state index in [-0.39, 0.29) is 41.2 Å². The highest BCUT2D eigenvalue weighted by molar-refractivity contribution is 6.06. The smallest absolute Gasteiger partial charge is 0.343 e. The van der Waals surface area contributed by atoms with Crippen LogP contribution in [0.2, 0.25) is 0 Å². The zero-order chi connectivity index (χ0) is 22.4. The maximum Gasteiger partial charge on any atom is 0.343 e. The lowest BCUT2D eigenvalue weighted by atomic mass is 9.85. The molecule has 7 heteroatoms. The molecule has 4 atom stereocenters. The molecule has 32 heavy (non-hydrogen) atoms. The summed E-state index contributed by atoms with van der Waals surface area (Å²) in [5, 5.41) is 5.18. The average molecular weight is 430 g/mol. The van der Waals surface area contributed by atoms with Crippen molar-refractivity contribution in [3.8, 4) is 11.5 Å². The number of esters is 1. The second-order valence-electron chi connectivity index (χ2n) is 8.40. The normalized spacial score (nSPS) is 25.6. The van der Waals surface area contributed by atoms with Crippen molar-refractivity contribution in [3.05, 3.63) is 71.3 Å². The van der Waals surface area contributed by atoms with E-state index in [9.17, 15) is 14.4 Å². The minimum atomic E-state index is -0.489. The Bertz CT molecular complexity index is 1150. The van der Waals surface area contributed by atoms with Gasteiger partial charge in [0.25, 0.3) is 11.8 Å². The topological polar surface area (TPSA) is 85.3 Å². The molecule has 1 aliphatic heterocycles. The summed E-state index contributed by atoms with van der Waals surface area (Å²) in [5.74, 6) is -0.632. The molecule has 0 aromatic heterocycles. The Morgan fingerprint density at radius 3 is 2.41 bits per heavy atom. The molecule has 0 unspecified atom stereocenters. The molecule has 0 radical (unpaired) electrons. The monoisotopic (exact) mass is 430 g/mol. The van der Waals surface area contributed by atoms with Crippen LogP contribution in [0, 0.1) is 30.6 Å². The Balaban J connectivity index is 1.32. The minimum absolute atomic E-state index is 0.143. The molecular formula is C25H22N2O5. The number of ether oxygens (including phenoxy) is 2. The number of allylic oxidation sites excluding steroid dienone is 2. The summed E-state index contributed by atoms with van der Waals surface area (Å²) < 4.78 is 10.9. The number of hydrazone groups is 1. The Morgan fingerprint density at radius 2 is 1.75 bits per heavy atom. The van der Waals surface area contributed by atoms with Crippen LogP contribution in [0.3, 0.4) is 0 Å². The summed E-state index contributed by atoms with van der Waals surface area (Å²) in [7, 11) is 1.47. The fraction of sp³-hybridized carbons (Fsp3) is 0.280. The molecule has 2 aromatic carbocycles. The van der Waals surface area contributed by atoms with Gasteiger partial charge in [0.05, 0.1) is 30.7 Å². The van der Waals surface area contributed by atoms with Gasteiger partial charge in [-0.15, -0.1) is 0 Å². The second kappa shape index (κ2) is 7.75. The first-order valence-electron chi connectivity index (χ1n) is 10.5. The number of hydrogen-bond donors (Lipinski definition) is 0. The van der Waals surface area contributed by atoms with Gasteiger partial charge in [-0.1, -0.05) is 29.8 Å². The molecule has 2 fully saturated rings. The van der Waals surface area contributed by atoms with E-state index in [1.807, 2.05) is 25.1 Å². The van der Waals surface area contributed by atoms with Crippen LogP contribution in [0.25, 0.3) is 0 Å². The maximum atomic E-state index is 12.7. The van der Waals surface area contributed by atoms with Crippen molar-refractivity contribution >= 4 is 24.0 Å². The second-order valence-corrected chi connectivity index (χ2v) is 8.40. The number of carbonyl (C=O) groups is 3. The maximum absolute atomic E-state index is 12.7. The van der Waals surface area contributed by atoms with E-state index in [0.717, 1.165) is 17.0 Å². The SMILES string of the molecule is COc1cc(C=NN2C(=O)[C@@H]3[C@H](C2=O)[C@H]2C=C[C@H]3C2)ccc1OC(=O)c1cccc(C)c1. The van der Waals surface area contributed by atoms with E-state index >= 15 is 0 Å². The van der Waals surface area contributed by atoms with Gasteiger partial charge in [0, 0.05) is 0 Å². The number of aryl methyl sites for hydroxylation is 1. The molecule has 1 saturated carbocycles. The molecule has 2 aliphatic carbocycles. The summed E-state index contributed by atoms with van der Waals surface area (Å²) in [6, 6.07) is 12.0. The van der Waals surface area contributed by atoms with Gasteiger partial charge in [-0.2, -0.15) is 10.1 Å². The van der Waals surface area contributed by atoms with Gasteiger partial charge in [0.2, 0.25) is 0 Å². The molecule has 162 valence electrons. The predicted molar refractivity (Wildman–Crippen MR) is 116 cm³/mol. The lowest BCUT2D eigenvalue weighted by Crippen LogP contribution is -2.28. The predicted octanol–water partition coefficient (Wildman–Crippen LogP) is 3.36. The first-order valence-corrected chi connectivity index (χ1v) is 10.5. The third kappa shape index (κ3) is 3.30. The van der Waals surface area contributed by atoms with Crippen LogP contribution in [0.1, 0.15) is 27.9 Å². The van der Waals surface area contributed by atoms with E-state index in [2.05, 4.69) is 5.10 Å². The minimum Gasteiger partial charge on any atom is -0.493 e.